The Kier molecular flexibility index (Phi) is 5.16. The van der Waals surface area contributed by atoms with Crippen LogP contribution in [0.5, 0.6) is 0 Å². The Morgan fingerprint density at radius 2 is 2.09 bits per heavy atom. The number of rotatable bonds is 5. The molecule has 23 heavy (non-hydrogen) atoms. The van der Waals surface area contributed by atoms with E-state index >= 15 is 0 Å². The number of carbonyl (C=O) groups excluding carboxylic acids is 1. The maximum atomic E-state index is 12.0. The molecular formula is C17H20N4O2. The first-order chi connectivity index (χ1) is 11.3. The van der Waals surface area contributed by atoms with Gasteiger partial charge >= 0.3 is 0 Å². The van der Waals surface area contributed by atoms with Crippen LogP contribution in [0.25, 0.3) is 0 Å². The van der Waals surface area contributed by atoms with Crippen LogP contribution in [0.4, 0.5) is 11.5 Å². The van der Waals surface area contributed by atoms with Gasteiger partial charge in [-0.05, 0) is 30.2 Å². The summed E-state index contributed by atoms with van der Waals surface area (Å²) in [5, 5.41) is 2.88. The molecule has 1 aliphatic heterocycles. The third kappa shape index (κ3) is 4.50. The number of hydrogen-bond donors (Lipinski definition) is 1. The van der Waals surface area contributed by atoms with Crippen LogP contribution in [0.3, 0.4) is 0 Å². The molecule has 1 aliphatic rings. The minimum atomic E-state index is -0.0187. The average molecular weight is 312 g/mol. The Morgan fingerprint density at radius 1 is 1.22 bits per heavy atom. The van der Waals surface area contributed by atoms with Crippen molar-refractivity contribution in [2.45, 2.75) is 12.8 Å². The lowest BCUT2D eigenvalue weighted by molar-refractivity contribution is -0.116. The van der Waals surface area contributed by atoms with Gasteiger partial charge in [-0.15, -0.1) is 0 Å². The van der Waals surface area contributed by atoms with Crippen LogP contribution in [0.2, 0.25) is 0 Å². The molecule has 0 atom stereocenters. The summed E-state index contributed by atoms with van der Waals surface area (Å²) >= 11 is 0. The number of carbonyl (C=O) groups is 1. The summed E-state index contributed by atoms with van der Waals surface area (Å²) in [5.74, 6) is 0.899. The molecule has 1 fully saturated rings. The number of nitrogens with one attached hydrogen (secondary N) is 1. The van der Waals surface area contributed by atoms with Crippen molar-refractivity contribution in [1.82, 2.24) is 9.97 Å². The quantitative estimate of drug-likeness (QED) is 0.913. The van der Waals surface area contributed by atoms with Crippen molar-refractivity contribution in [1.29, 1.82) is 0 Å². The number of morpholine rings is 1. The molecule has 3 rings (SSSR count). The summed E-state index contributed by atoms with van der Waals surface area (Å²) in [5.41, 5.74) is 1.78. The van der Waals surface area contributed by atoms with Gasteiger partial charge in [0.2, 0.25) is 5.91 Å². The van der Waals surface area contributed by atoms with Gasteiger partial charge in [0.1, 0.15) is 5.82 Å². The summed E-state index contributed by atoms with van der Waals surface area (Å²) in [4.78, 5) is 22.6. The Balaban J connectivity index is 1.50. The monoisotopic (exact) mass is 312 g/mol. The topological polar surface area (TPSA) is 67.4 Å². The molecule has 0 aromatic carbocycles. The van der Waals surface area contributed by atoms with Gasteiger partial charge in [0.25, 0.3) is 0 Å². The van der Waals surface area contributed by atoms with Crippen molar-refractivity contribution in [3.05, 3.63) is 48.4 Å². The Hall–Kier alpha value is -2.47. The van der Waals surface area contributed by atoms with Crippen LogP contribution in [0.15, 0.2) is 42.9 Å². The zero-order chi connectivity index (χ0) is 15.9. The van der Waals surface area contributed by atoms with E-state index in [-0.39, 0.29) is 5.91 Å². The fraction of sp³-hybridized carbons (Fsp3) is 0.353. The number of ether oxygens (including phenoxy) is 1. The van der Waals surface area contributed by atoms with Crippen LogP contribution in [-0.2, 0) is 16.0 Å². The molecule has 2 aromatic rings. The predicted octanol–water partition coefficient (Wildman–Crippen LogP) is 1.88. The second kappa shape index (κ2) is 7.69. The van der Waals surface area contributed by atoms with E-state index in [0.717, 1.165) is 43.4 Å². The fourth-order valence-electron chi connectivity index (χ4n) is 2.47. The van der Waals surface area contributed by atoms with Gasteiger partial charge in [0.05, 0.1) is 25.1 Å². The highest BCUT2D eigenvalue weighted by Gasteiger charge is 2.12. The molecular weight excluding hydrogens is 292 g/mol. The average Bonchev–Trinajstić information content (AvgIpc) is 2.62. The van der Waals surface area contributed by atoms with Crippen LogP contribution in [0, 0.1) is 0 Å². The lowest BCUT2D eigenvalue weighted by atomic mass is 10.1. The van der Waals surface area contributed by atoms with Crippen molar-refractivity contribution < 1.29 is 9.53 Å². The Bertz CT molecular complexity index is 625. The first kappa shape index (κ1) is 15.4. The third-order valence-electron chi connectivity index (χ3n) is 3.73. The highest BCUT2D eigenvalue weighted by molar-refractivity contribution is 5.90. The van der Waals surface area contributed by atoms with Gasteiger partial charge in [-0.25, -0.2) is 4.98 Å². The maximum Gasteiger partial charge on any atom is 0.224 e. The van der Waals surface area contributed by atoms with Crippen LogP contribution >= 0.6 is 0 Å². The van der Waals surface area contributed by atoms with Gasteiger partial charge in [-0.2, -0.15) is 0 Å². The fourth-order valence-corrected chi connectivity index (χ4v) is 2.47. The molecule has 0 aliphatic carbocycles. The summed E-state index contributed by atoms with van der Waals surface area (Å²) in [6.45, 7) is 3.16. The second-order valence-electron chi connectivity index (χ2n) is 5.41. The van der Waals surface area contributed by atoms with E-state index < -0.39 is 0 Å². The largest absolute Gasteiger partial charge is 0.378 e. The van der Waals surface area contributed by atoms with E-state index in [1.165, 1.54) is 0 Å². The molecule has 0 saturated carbocycles. The number of amides is 1. The molecule has 0 bridgehead atoms. The number of pyridine rings is 2. The van der Waals surface area contributed by atoms with Crippen molar-refractivity contribution in [3.8, 4) is 0 Å². The molecule has 120 valence electrons. The molecule has 1 N–H and O–H groups in total. The van der Waals surface area contributed by atoms with E-state index in [9.17, 15) is 4.79 Å². The van der Waals surface area contributed by atoms with E-state index in [1.807, 2.05) is 24.3 Å². The Morgan fingerprint density at radius 3 is 2.78 bits per heavy atom. The highest BCUT2D eigenvalue weighted by atomic mass is 16.5. The van der Waals surface area contributed by atoms with Gasteiger partial charge in [-0.1, -0.05) is 6.07 Å². The minimum absolute atomic E-state index is 0.0187. The molecule has 0 radical (unpaired) electrons. The van der Waals surface area contributed by atoms with Gasteiger partial charge < -0.3 is 15.0 Å². The second-order valence-corrected chi connectivity index (χ2v) is 5.41. The molecule has 0 unspecified atom stereocenters. The van der Waals surface area contributed by atoms with Crippen molar-refractivity contribution >= 4 is 17.4 Å². The van der Waals surface area contributed by atoms with Gasteiger partial charge in [-0.3, -0.25) is 9.78 Å². The van der Waals surface area contributed by atoms with E-state index in [1.54, 1.807) is 18.6 Å². The number of nitrogens with zero attached hydrogens (tertiary/aromatic N) is 3. The van der Waals surface area contributed by atoms with E-state index in [0.29, 0.717) is 12.8 Å². The van der Waals surface area contributed by atoms with E-state index in [2.05, 4.69) is 20.2 Å². The Labute approximate surface area is 135 Å². The zero-order valence-corrected chi connectivity index (χ0v) is 12.9. The number of aromatic nitrogens is 2. The normalized spacial score (nSPS) is 14.5. The van der Waals surface area contributed by atoms with Gasteiger partial charge in [0, 0.05) is 31.9 Å². The summed E-state index contributed by atoms with van der Waals surface area (Å²) in [6, 6.07) is 7.67. The SMILES string of the molecule is O=C(CCc1cccnc1)Nc1ccc(N2CCOCC2)nc1. The van der Waals surface area contributed by atoms with Crippen LogP contribution < -0.4 is 10.2 Å². The summed E-state index contributed by atoms with van der Waals surface area (Å²) in [7, 11) is 0. The van der Waals surface area contributed by atoms with Crippen molar-refractivity contribution in [2.24, 2.45) is 0 Å². The van der Waals surface area contributed by atoms with Crippen molar-refractivity contribution in [3.63, 3.8) is 0 Å². The predicted molar refractivity (Wildman–Crippen MR) is 88.5 cm³/mol. The first-order valence-corrected chi connectivity index (χ1v) is 7.79. The van der Waals surface area contributed by atoms with Gasteiger partial charge in [0.15, 0.2) is 0 Å². The lowest BCUT2D eigenvalue weighted by Crippen LogP contribution is -2.36. The number of aryl methyl sites for hydroxylation is 1. The standard InChI is InChI=1S/C17H20N4O2/c22-17(6-3-14-2-1-7-18-12-14)20-15-4-5-16(19-13-15)21-8-10-23-11-9-21/h1-2,4-5,7,12-13H,3,6,8-11H2,(H,20,22). The molecule has 3 heterocycles. The van der Waals surface area contributed by atoms with Crippen molar-refractivity contribution in [2.75, 3.05) is 36.5 Å². The molecule has 1 saturated heterocycles. The molecule has 6 nitrogen and oxygen atoms in total. The van der Waals surface area contributed by atoms with Crippen LogP contribution in [-0.4, -0.2) is 42.2 Å². The highest BCUT2D eigenvalue weighted by Crippen LogP contribution is 2.15. The lowest BCUT2D eigenvalue weighted by Gasteiger charge is -2.27. The van der Waals surface area contributed by atoms with E-state index in [4.69, 9.17) is 4.74 Å². The minimum Gasteiger partial charge on any atom is -0.378 e. The summed E-state index contributed by atoms with van der Waals surface area (Å²) < 4.78 is 5.33. The molecule has 1 amide bonds. The molecule has 2 aromatic heterocycles. The maximum absolute atomic E-state index is 12.0. The first-order valence-electron chi connectivity index (χ1n) is 7.79. The zero-order valence-electron chi connectivity index (χ0n) is 12.9. The molecule has 6 heteroatoms. The number of hydrogen-bond acceptors (Lipinski definition) is 5. The summed E-state index contributed by atoms with van der Waals surface area (Å²) in [6.07, 6.45) is 6.32. The van der Waals surface area contributed by atoms with Crippen LogP contribution in [0.1, 0.15) is 12.0 Å². The third-order valence-corrected chi connectivity index (χ3v) is 3.73. The molecule has 0 spiro atoms. The number of anilines is 2. The smallest absolute Gasteiger partial charge is 0.224 e.